The predicted octanol–water partition coefficient (Wildman–Crippen LogP) is 0.987. The average Bonchev–Trinajstić information content (AvgIpc) is 2.18. The van der Waals surface area contributed by atoms with Crippen molar-refractivity contribution in [2.45, 2.75) is 20.4 Å². The van der Waals surface area contributed by atoms with E-state index in [-0.39, 0.29) is 24.1 Å². The maximum Gasteiger partial charge on any atom is 0.221 e. The van der Waals surface area contributed by atoms with Gasteiger partial charge >= 0.3 is 0 Å². The van der Waals surface area contributed by atoms with Gasteiger partial charge in [0.2, 0.25) is 11.8 Å². The van der Waals surface area contributed by atoms with E-state index in [1.807, 2.05) is 0 Å². The van der Waals surface area contributed by atoms with Crippen molar-refractivity contribution >= 4 is 17.5 Å². The molecule has 16 heavy (non-hydrogen) atoms. The Bertz CT molecular complexity index is 416. The van der Waals surface area contributed by atoms with Gasteiger partial charge in [0, 0.05) is 31.6 Å². The molecule has 0 unspecified atom stereocenters. The Morgan fingerprint density at radius 1 is 1.25 bits per heavy atom. The van der Waals surface area contributed by atoms with Gasteiger partial charge in [0.15, 0.2) is 0 Å². The van der Waals surface area contributed by atoms with Crippen molar-refractivity contribution < 1.29 is 14.7 Å². The normalized spacial score (nSPS) is 9.62. The first-order chi connectivity index (χ1) is 7.49. The summed E-state index contributed by atoms with van der Waals surface area (Å²) in [5.74, 6) is -0.275. The monoisotopic (exact) mass is 222 g/mol. The fraction of sp³-hybridized carbons (Fsp3) is 0.273. The lowest BCUT2D eigenvalue weighted by molar-refractivity contribution is -0.119. The highest BCUT2D eigenvalue weighted by atomic mass is 16.3. The fourth-order valence-corrected chi connectivity index (χ4v) is 1.23. The number of carbonyl (C=O) groups excluding carboxylic acids is 2. The molecule has 1 aromatic rings. The topological polar surface area (TPSA) is 78.4 Å². The van der Waals surface area contributed by atoms with E-state index in [1.54, 1.807) is 12.1 Å². The van der Waals surface area contributed by atoms with E-state index in [0.717, 1.165) is 0 Å². The van der Waals surface area contributed by atoms with Crippen LogP contribution < -0.4 is 10.6 Å². The van der Waals surface area contributed by atoms with Crippen molar-refractivity contribution in [1.82, 2.24) is 5.32 Å². The van der Waals surface area contributed by atoms with Crippen LogP contribution in [0.4, 0.5) is 5.69 Å². The summed E-state index contributed by atoms with van der Waals surface area (Å²) >= 11 is 0. The number of phenolic OH excluding ortho intramolecular Hbond substituents is 1. The molecule has 5 heteroatoms. The second-order valence-electron chi connectivity index (χ2n) is 3.43. The third-order valence-corrected chi connectivity index (χ3v) is 1.93. The van der Waals surface area contributed by atoms with Gasteiger partial charge in [-0.15, -0.1) is 0 Å². The zero-order valence-electron chi connectivity index (χ0n) is 9.20. The SMILES string of the molecule is CC(=O)NCc1cc(NC(C)=O)ccc1O. The molecule has 86 valence electrons. The first kappa shape index (κ1) is 12.0. The van der Waals surface area contributed by atoms with Gasteiger partial charge in [0.1, 0.15) is 5.75 Å². The molecule has 0 aliphatic rings. The minimum Gasteiger partial charge on any atom is -0.508 e. The second kappa shape index (κ2) is 5.16. The summed E-state index contributed by atoms with van der Waals surface area (Å²) in [5.41, 5.74) is 1.15. The van der Waals surface area contributed by atoms with Crippen molar-refractivity contribution in [1.29, 1.82) is 0 Å². The third-order valence-electron chi connectivity index (χ3n) is 1.93. The van der Waals surface area contributed by atoms with Crippen LogP contribution in [-0.4, -0.2) is 16.9 Å². The maximum absolute atomic E-state index is 10.8. The van der Waals surface area contributed by atoms with Crippen LogP contribution in [0.3, 0.4) is 0 Å². The van der Waals surface area contributed by atoms with Crippen molar-refractivity contribution in [3.05, 3.63) is 23.8 Å². The highest BCUT2D eigenvalue weighted by molar-refractivity contribution is 5.88. The molecule has 0 aliphatic carbocycles. The molecule has 2 amide bonds. The molecule has 0 saturated carbocycles. The molecule has 0 heterocycles. The van der Waals surface area contributed by atoms with Crippen LogP contribution in [0.15, 0.2) is 18.2 Å². The largest absolute Gasteiger partial charge is 0.508 e. The first-order valence-electron chi connectivity index (χ1n) is 4.83. The lowest BCUT2D eigenvalue weighted by Crippen LogP contribution is -2.19. The lowest BCUT2D eigenvalue weighted by atomic mass is 10.1. The number of rotatable bonds is 3. The van der Waals surface area contributed by atoms with Gasteiger partial charge in [-0.05, 0) is 18.2 Å². The standard InChI is InChI=1S/C11H14N2O3/c1-7(14)12-6-9-5-10(13-8(2)15)3-4-11(9)16/h3-5,16H,6H2,1-2H3,(H,12,14)(H,13,15). The van der Waals surface area contributed by atoms with E-state index in [4.69, 9.17) is 0 Å². The summed E-state index contributed by atoms with van der Waals surface area (Å²) in [6.45, 7) is 3.03. The van der Waals surface area contributed by atoms with Gasteiger partial charge in [0.05, 0.1) is 0 Å². The molecule has 0 saturated heterocycles. The Hall–Kier alpha value is -2.04. The maximum atomic E-state index is 10.8. The molecule has 1 aromatic carbocycles. The summed E-state index contributed by atoms with van der Waals surface area (Å²) in [4.78, 5) is 21.6. The van der Waals surface area contributed by atoms with Crippen LogP contribution in [0, 0.1) is 0 Å². The number of hydrogen-bond acceptors (Lipinski definition) is 3. The van der Waals surface area contributed by atoms with E-state index >= 15 is 0 Å². The van der Waals surface area contributed by atoms with Crippen molar-refractivity contribution in [2.24, 2.45) is 0 Å². The summed E-state index contributed by atoms with van der Waals surface area (Å²) in [5, 5.41) is 14.7. The van der Waals surface area contributed by atoms with Crippen molar-refractivity contribution in [3.8, 4) is 5.75 Å². The molecule has 0 bridgehead atoms. The summed E-state index contributed by atoms with van der Waals surface area (Å²) in [6, 6.07) is 4.68. The Balaban J connectivity index is 2.81. The number of carbonyl (C=O) groups is 2. The molecule has 1 rings (SSSR count). The number of benzene rings is 1. The van der Waals surface area contributed by atoms with Crippen LogP contribution in [-0.2, 0) is 16.1 Å². The fourth-order valence-electron chi connectivity index (χ4n) is 1.23. The average molecular weight is 222 g/mol. The van der Waals surface area contributed by atoms with Crippen LogP contribution in [0.1, 0.15) is 19.4 Å². The molecule has 0 fully saturated rings. The number of aromatic hydroxyl groups is 1. The van der Waals surface area contributed by atoms with E-state index in [2.05, 4.69) is 10.6 Å². The molecule has 0 aliphatic heterocycles. The van der Waals surface area contributed by atoms with Crippen LogP contribution in [0.25, 0.3) is 0 Å². The quantitative estimate of drug-likeness (QED) is 0.667. The van der Waals surface area contributed by atoms with Gasteiger partial charge in [0.25, 0.3) is 0 Å². The highest BCUT2D eigenvalue weighted by Gasteiger charge is 2.04. The Kier molecular flexibility index (Phi) is 3.88. The minimum absolute atomic E-state index is 0.0860. The molecular formula is C11H14N2O3. The van der Waals surface area contributed by atoms with E-state index < -0.39 is 0 Å². The summed E-state index contributed by atoms with van der Waals surface area (Å²) < 4.78 is 0. The third kappa shape index (κ3) is 3.61. The van der Waals surface area contributed by atoms with Crippen LogP contribution >= 0.6 is 0 Å². The zero-order chi connectivity index (χ0) is 12.1. The van der Waals surface area contributed by atoms with Gasteiger partial charge in [-0.2, -0.15) is 0 Å². The van der Waals surface area contributed by atoms with E-state index in [0.29, 0.717) is 11.3 Å². The Morgan fingerprint density at radius 3 is 2.50 bits per heavy atom. The Labute approximate surface area is 93.5 Å². The second-order valence-corrected chi connectivity index (χ2v) is 3.43. The van der Waals surface area contributed by atoms with E-state index in [1.165, 1.54) is 19.9 Å². The molecule has 0 atom stereocenters. The highest BCUT2D eigenvalue weighted by Crippen LogP contribution is 2.21. The number of phenols is 1. The summed E-state index contributed by atoms with van der Waals surface area (Å²) in [7, 11) is 0. The van der Waals surface area contributed by atoms with Gasteiger partial charge < -0.3 is 15.7 Å². The number of anilines is 1. The zero-order valence-corrected chi connectivity index (χ0v) is 9.20. The molecule has 0 spiro atoms. The minimum atomic E-state index is -0.184. The van der Waals surface area contributed by atoms with E-state index in [9.17, 15) is 14.7 Å². The van der Waals surface area contributed by atoms with Crippen LogP contribution in [0.5, 0.6) is 5.75 Å². The van der Waals surface area contributed by atoms with Gasteiger partial charge in [-0.3, -0.25) is 9.59 Å². The number of amides is 2. The van der Waals surface area contributed by atoms with Crippen molar-refractivity contribution in [3.63, 3.8) is 0 Å². The predicted molar refractivity (Wildman–Crippen MR) is 59.9 cm³/mol. The van der Waals surface area contributed by atoms with Gasteiger partial charge in [-0.25, -0.2) is 0 Å². The molecule has 5 nitrogen and oxygen atoms in total. The molecule has 3 N–H and O–H groups in total. The smallest absolute Gasteiger partial charge is 0.221 e. The summed E-state index contributed by atoms with van der Waals surface area (Å²) in [6.07, 6.45) is 0. The van der Waals surface area contributed by atoms with Crippen LogP contribution in [0.2, 0.25) is 0 Å². The molecule has 0 aromatic heterocycles. The lowest BCUT2D eigenvalue weighted by Gasteiger charge is -2.08. The van der Waals surface area contributed by atoms with Crippen molar-refractivity contribution in [2.75, 3.05) is 5.32 Å². The first-order valence-corrected chi connectivity index (χ1v) is 4.83. The number of hydrogen-bond donors (Lipinski definition) is 3. The van der Waals surface area contributed by atoms with Gasteiger partial charge in [-0.1, -0.05) is 0 Å². The Morgan fingerprint density at radius 2 is 1.94 bits per heavy atom. The number of nitrogens with one attached hydrogen (secondary N) is 2. The molecular weight excluding hydrogens is 208 g/mol. The molecule has 0 radical (unpaired) electrons.